The maximum Gasteiger partial charge on any atom is 0.393 e. The Morgan fingerprint density at radius 2 is 1.38 bits per heavy atom. The van der Waals surface area contributed by atoms with Crippen LogP contribution in [0.1, 0.15) is 51.4 Å². The molecule has 2 rings (SSSR count). The van der Waals surface area contributed by atoms with Crippen LogP contribution >= 0.6 is 0 Å². The first-order valence-corrected chi connectivity index (χ1v) is 7.57. The van der Waals surface area contributed by atoms with Gasteiger partial charge in [0, 0.05) is 12.1 Å². The predicted octanol–water partition coefficient (Wildman–Crippen LogP) is 4.82. The zero-order chi connectivity index (χ0) is 15.7. The average Bonchev–Trinajstić information content (AvgIpc) is 2.37. The molecule has 4 atom stereocenters. The molecule has 0 saturated heterocycles. The fourth-order valence-corrected chi connectivity index (χ4v) is 3.66. The van der Waals surface area contributed by atoms with Gasteiger partial charge in [-0.05, 0) is 32.1 Å². The number of hydrogen-bond acceptors (Lipinski definition) is 1. The van der Waals surface area contributed by atoms with Gasteiger partial charge in [-0.1, -0.05) is 19.3 Å². The van der Waals surface area contributed by atoms with Crippen LogP contribution in [0.15, 0.2) is 0 Å². The lowest BCUT2D eigenvalue weighted by Crippen LogP contribution is -2.51. The van der Waals surface area contributed by atoms with Crippen LogP contribution in [0.2, 0.25) is 0 Å². The smallest absolute Gasteiger partial charge is 0.311 e. The van der Waals surface area contributed by atoms with Crippen molar-refractivity contribution < 1.29 is 26.3 Å². The van der Waals surface area contributed by atoms with E-state index in [-0.39, 0.29) is 19.3 Å². The van der Waals surface area contributed by atoms with E-state index in [1.807, 2.05) is 0 Å². The summed E-state index contributed by atoms with van der Waals surface area (Å²) in [5, 5.41) is 2.90. The molecule has 0 aromatic rings. The van der Waals surface area contributed by atoms with Crippen molar-refractivity contribution in [3.05, 3.63) is 0 Å². The van der Waals surface area contributed by atoms with Crippen LogP contribution in [-0.2, 0) is 0 Å². The Morgan fingerprint density at radius 1 is 0.714 bits per heavy atom. The van der Waals surface area contributed by atoms with Gasteiger partial charge in [-0.15, -0.1) is 0 Å². The second kappa shape index (κ2) is 6.34. The minimum Gasteiger partial charge on any atom is -0.311 e. The highest BCUT2D eigenvalue weighted by Gasteiger charge is 2.47. The van der Waals surface area contributed by atoms with Crippen LogP contribution in [0.25, 0.3) is 0 Å². The summed E-state index contributed by atoms with van der Waals surface area (Å²) in [7, 11) is 0. The lowest BCUT2D eigenvalue weighted by Gasteiger charge is -2.39. The van der Waals surface area contributed by atoms with Crippen molar-refractivity contribution in [2.24, 2.45) is 11.8 Å². The zero-order valence-corrected chi connectivity index (χ0v) is 11.7. The number of hydrogen-bond donors (Lipinski definition) is 1. The molecule has 7 heteroatoms. The Balaban J connectivity index is 1.96. The maximum absolute atomic E-state index is 13.0. The number of nitrogens with one attached hydrogen (secondary N) is 1. The lowest BCUT2D eigenvalue weighted by atomic mass is 9.81. The predicted molar refractivity (Wildman–Crippen MR) is 66.7 cm³/mol. The summed E-state index contributed by atoms with van der Waals surface area (Å²) in [5.41, 5.74) is 0. The topological polar surface area (TPSA) is 12.0 Å². The van der Waals surface area contributed by atoms with Gasteiger partial charge in [0.25, 0.3) is 0 Å². The molecular formula is C14H21F6N. The molecule has 124 valence electrons. The van der Waals surface area contributed by atoms with E-state index in [4.69, 9.17) is 0 Å². The lowest BCUT2D eigenvalue weighted by molar-refractivity contribution is -0.194. The Hall–Kier alpha value is -0.460. The minimum absolute atomic E-state index is 0.0799. The van der Waals surface area contributed by atoms with Crippen LogP contribution in [0.4, 0.5) is 26.3 Å². The summed E-state index contributed by atoms with van der Waals surface area (Å²) in [6.07, 6.45) is -5.82. The summed E-state index contributed by atoms with van der Waals surface area (Å²) in [5.74, 6) is -2.80. The van der Waals surface area contributed by atoms with Gasteiger partial charge in [-0.2, -0.15) is 26.3 Å². The van der Waals surface area contributed by atoms with Crippen LogP contribution in [0.5, 0.6) is 0 Å². The number of alkyl halides is 6. The van der Waals surface area contributed by atoms with Crippen LogP contribution in [0, 0.1) is 11.8 Å². The molecule has 2 saturated carbocycles. The molecule has 1 N–H and O–H groups in total. The van der Waals surface area contributed by atoms with Gasteiger partial charge < -0.3 is 5.32 Å². The third kappa shape index (κ3) is 4.50. The fourth-order valence-electron chi connectivity index (χ4n) is 3.66. The highest BCUT2D eigenvalue weighted by molar-refractivity contribution is 4.90. The van der Waals surface area contributed by atoms with Crippen molar-refractivity contribution in [1.82, 2.24) is 5.32 Å². The van der Waals surface area contributed by atoms with Crippen molar-refractivity contribution in [3.63, 3.8) is 0 Å². The molecule has 0 radical (unpaired) electrons. The average molecular weight is 317 g/mol. The maximum atomic E-state index is 13.0. The van der Waals surface area contributed by atoms with Gasteiger partial charge in [0.2, 0.25) is 0 Å². The van der Waals surface area contributed by atoms with E-state index in [1.165, 1.54) is 0 Å². The van der Waals surface area contributed by atoms with Gasteiger partial charge in [0.15, 0.2) is 0 Å². The van der Waals surface area contributed by atoms with Gasteiger partial charge >= 0.3 is 12.4 Å². The summed E-state index contributed by atoms with van der Waals surface area (Å²) in [4.78, 5) is 0. The number of rotatable bonds is 2. The fraction of sp³-hybridized carbons (Fsp3) is 1.00. The Labute approximate surface area is 120 Å². The third-order valence-electron chi connectivity index (χ3n) is 4.77. The molecule has 2 fully saturated rings. The van der Waals surface area contributed by atoms with Gasteiger partial charge in [-0.25, -0.2) is 0 Å². The SMILES string of the molecule is FC(F)(F)C1CCCC(NC2CCCCC2C(F)(F)F)C1. The molecule has 4 unspecified atom stereocenters. The van der Waals surface area contributed by atoms with E-state index in [1.54, 1.807) is 0 Å². The van der Waals surface area contributed by atoms with Gasteiger partial charge in [-0.3, -0.25) is 0 Å². The van der Waals surface area contributed by atoms with Crippen molar-refractivity contribution in [2.75, 3.05) is 0 Å². The molecule has 0 aromatic heterocycles. The van der Waals surface area contributed by atoms with E-state index in [2.05, 4.69) is 5.32 Å². The summed E-state index contributed by atoms with van der Waals surface area (Å²) in [6.45, 7) is 0. The highest BCUT2D eigenvalue weighted by atomic mass is 19.4. The van der Waals surface area contributed by atoms with Crippen LogP contribution < -0.4 is 5.32 Å². The van der Waals surface area contributed by atoms with Crippen molar-refractivity contribution in [2.45, 2.75) is 75.8 Å². The molecule has 0 bridgehead atoms. The first-order chi connectivity index (χ1) is 9.68. The molecule has 2 aliphatic carbocycles. The summed E-state index contributed by atoms with van der Waals surface area (Å²) in [6, 6.07) is -1.17. The van der Waals surface area contributed by atoms with Crippen molar-refractivity contribution in [1.29, 1.82) is 0 Å². The molecule has 1 nitrogen and oxygen atoms in total. The van der Waals surface area contributed by atoms with Crippen molar-refractivity contribution in [3.8, 4) is 0 Å². The Bertz CT molecular complexity index is 337. The second-order valence-electron chi connectivity index (χ2n) is 6.31. The molecular weight excluding hydrogens is 296 g/mol. The van der Waals surface area contributed by atoms with E-state index in [9.17, 15) is 26.3 Å². The molecule has 21 heavy (non-hydrogen) atoms. The summed E-state index contributed by atoms with van der Waals surface area (Å²) >= 11 is 0. The molecule has 0 amide bonds. The molecule has 0 heterocycles. The summed E-state index contributed by atoms with van der Waals surface area (Å²) < 4.78 is 77.2. The number of halogens is 6. The largest absolute Gasteiger partial charge is 0.393 e. The van der Waals surface area contributed by atoms with Crippen molar-refractivity contribution >= 4 is 0 Å². The molecule has 0 aliphatic heterocycles. The highest BCUT2D eigenvalue weighted by Crippen LogP contribution is 2.40. The first-order valence-electron chi connectivity index (χ1n) is 7.57. The molecule has 2 aliphatic rings. The quantitative estimate of drug-likeness (QED) is 0.720. The normalized spacial score (nSPS) is 35.7. The van der Waals surface area contributed by atoms with Gasteiger partial charge in [0.1, 0.15) is 0 Å². The van der Waals surface area contributed by atoms with Crippen LogP contribution in [-0.4, -0.2) is 24.4 Å². The molecule has 0 aromatic carbocycles. The molecule has 0 spiro atoms. The van der Waals surface area contributed by atoms with E-state index in [0.717, 1.165) is 0 Å². The minimum atomic E-state index is -4.27. The standard InChI is InChI=1S/C14H21F6N/c15-13(16,17)9-4-3-5-10(8-9)21-12-7-2-1-6-11(12)14(18,19)20/h9-12,21H,1-8H2. The zero-order valence-electron chi connectivity index (χ0n) is 11.7. The first kappa shape index (κ1) is 16.9. The Morgan fingerprint density at radius 3 is 2.00 bits per heavy atom. The third-order valence-corrected chi connectivity index (χ3v) is 4.77. The van der Waals surface area contributed by atoms with Gasteiger partial charge in [0.05, 0.1) is 11.8 Å². The van der Waals surface area contributed by atoms with E-state index < -0.39 is 36.3 Å². The second-order valence-corrected chi connectivity index (χ2v) is 6.31. The Kier molecular flexibility index (Phi) is 5.11. The monoisotopic (exact) mass is 317 g/mol. The van der Waals surface area contributed by atoms with E-state index >= 15 is 0 Å². The van der Waals surface area contributed by atoms with E-state index in [0.29, 0.717) is 32.1 Å². The van der Waals surface area contributed by atoms with Crippen LogP contribution in [0.3, 0.4) is 0 Å².